The summed E-state index contributed by atoms with van der Waals surface area (Å²) in [6.45, 7) is 16.8. The Morgan fingerprint density at radius 3 is 1.05 bits per heavy atom. The fraction of sp³-hybridized carbons (Fsp3) is 0.571. The van der Waals surface area contributed by atoms with Gasteiger partial charge in [0.05, 0.1) is 29.3 Å². The Hall–Kier alpha value is -2.10. The number of thiophene rings is 3. The van der Waals surface area contributed by atoms with Crippen molar-refractivity contribution in [3.05, 3.63) is 9.75 Å². The molecule has 200 valence electrons. The van der Waals surface area contributed by atoms with Crippen LogP contribution in [0.15, 0.2) is 0 Å². The summed E-state index contributed by atoms with van der Waals surface area (Å²) in [7, 11) is 0. The van der Waals surface area contributed by atoms with Gasteiger partial charge in [0.25, 0.3) is 0 Å². The van der Waals surface area contributed by atoms with Crippen molar-refractivity contribution in [3.63, 3.8) is 0 Å². The zero-order valence-electron chi connectivity index (χ0n) is 22.3. The summed E-state index contributed by atoms with van der Waals surface area (Å²) in [6, 6.07) is 0. The minimum Gasteiger partial charge on any atom is -0.485 e. The average molecular weight is 563 g/mol. The van der Waals surface area contributed by atoms with Crippen molar-refractivity contribution in [1.29, 1.82) is 0 Å². The first-order valence-corrected chi connectivity index (χ1v) is 15.5. The van der Waals surface area contributed by atoms with E-state index in [0.717, 1.165) is 66.8 Å². The summed E-state index contributed by atoms with van der Waals surface area (Å²) in [5.74, 6) is 5.02. The summed E-state index contributed by atoms with van der Waals surface area (Å²) in [5.41, 5.74) is -0.0479. The van der Waals surface area contributed by atoms with Crippen LogP contribution in [0, 0.1) is 0 Å². The van der Waals surface area contributed by atoms with Crippen molar-refractivity contribution in [2.45, 2.75) is 65.2 Å². The van der Waals surface area contributed by atoms with Gasteiger partial charge < -0.3 is 28.4 Å². The van der Waals surface area contributed by atoms with Gasteiger partial charge in [-0.25, -0.2) is 0 Å². The minimum absolute atomic E-state index is 0.0240. The summed E-state index contributed by atoms with van der Waals surface area (Å²) >= 11 is 5.20. The van der Waals surface area contributed by atoms with Gasteiger partial charge in [-0.3, -0.25) is 0 Å². The predicted octanol–water partition coefficient (Wildman–Crippen LogP) is 7.89. The third-order valence-corrected chi connectivity index (χ3v) is 12.1. The van der Waals surface area contributed by atoms with E-state index in [2.05, 4.69) is 41.5 Å². The lowest BCUT2D eigenvalue weighted by Crippen LogP contribution is -2.19. The fourth-order valence-corrected chi connectivity index (χ4v) is 8.82. The van der Waals surface area contributed by atoms with E-state index in [0.29, 0.717) is 39.6 Å². The maximum absolute atomic E-state index is 6.29. The molecule has 3 aromatic rings. The summed E-state index contributed by atoms with van der Waals surface area (Å²) < 4.78 is 37.5. The molecule has 0 radical (unpaired) electrons. The minimum atomic E-state index is -0.0240. The van der Waals surface area contributed by atoms with E-state index in [-0.39, 0.29) is 10.8 Å². The Morgan fingerprint density at radius 1 is 0.459 bits per heavy atom. The van der Waals surface area contributed by atoms with Crippen molar-refractivity contribution >= 4 is 34.0 Å². The molecule has 0 fully saturated rings. The second-order valence-electron chi connectivity index (χ2n) is 10.8. The van der Waals surface area contributed by atoms with Gasteiger partial charge in [-0.05, 0) is 12.8 Å². The Balaban J connectivity index is 1.56. The Bertz CT molecular complexity index is 1230. The zero-order valence-corrected chi connectivity index (χ0v) is 24.8. The third kappa shape index (κ3) is 4.00. The van der Waals surface area contributed by atoms with Gasteiger partial charge in [-0.1, -0.05) is 41.5 Å². The van der Waals surface area contributed by atoms with Crippen molar-refractivity contribution < 1.29 is 28.4 Å². The highest BCUT2D eigenvalue weighted by molar-refractivity contribution is 7.27. The van der Waals surface area contributed by atoms with Gasteiger partial charge in [-0.15, -0.1) is 34.0 Å². The van der Waals surface area contributed by atoms with Crippen LogP contribution >= 0.6 is 34.0 Å². The van der Waals surface area contributed by atoms with Crippen molar-refractivity contribution in [2.75, 3.05) is 39.6 Å². The molecule has 3 aliphatic rings. The lowest BCUT2D eigenvalue weighted by molar-refractivity contribution is 0.169. The van der Waals surface area contributed by atoms with Crippen molar-refractivity contribution in [3.8, 4) is 54.0 Å². The number of ether oxygens (including phenoxy) is 6. The molecule has 0 saturated heterocycles. The molecule has 0 N–H and O–H groups in total. The maximum Gasteiger partial charge on any atom is 0.181 e. The monoisotopic (exact) mass is 562 g/mol. The molecule has 6 rings (SSSR count). The van der Waals surface area contributed by atoms with Crippen LogP contribution in [0.3, 0.4) is 0 Å². The molecule has 9 heteroatoms. The molecule has 0 aromatic carbocycles. The van der Waals surface area contributed by atoms with Crippen LogP contribution in [0.1, 0.15) is 64.1 Å². The third-order valence-electron chi connectivity index (χ3n) is 7.61. The van der Waals surface area contributed by atoms with Crippen LogP contribution in [0.25, 0.3) is 19.5 Å². The second-order valence-corrected chi connectivity index (χ2v) is 13.9. The second kappa shape index (κ2) is 9.27. The van der Waals surface area contributed by atoms with Crippen molar-refractivity contribution in [2.24, 2.45) is 0 Å². The van der Waals surface area contributed by atoms with Gasteiger partial charge in [0.15, 0.2) is 34.5 Å². The molecule has 3 aromatic heterocycles. The maximum atomic E-state index is 6.29. The fourth-order valence-electron chi connectivity index (χ4n) is 4.66. The lowest BCUT2D eigenvalue weighted by atomic mass is 9.88. The molecule has 0 aliphatic carbocycles. The summed E-state index contributed by atoms with van der Waals surface area (Å²) in [4.78, 5) is 6.62. The first-order chi connectivity index (χ1) is 17.8. The molecule has 0 unspecified atom stereocenters. The first kappa shape index (κ1) is 25.2. The lowest BCUT2D eigenvalue weighted by Gasteiger charge is -2.24. The van der Waals surface area contributed by atoms with E-state index in [1.807, 2.05) is 0 Å². The standard InChI is InChI=1S/C28H34O6S3/c1-7-27(3,4)25-19-17(31-11-13-33-19)23(36-25)21-15-16(30-10-9-29-15)22(35-21)24-18-20(34-14-12-32-18)26(37-24)28(5,6)8-2/h7-14H2,1-6H3. The van der Waals surface area contributed by atoms with Crippen LogP contribution in [0.2, 0.25) is 0 Å². The number of hydrogen-bond donors (Lipinski definition) is 0. The Kier molecular flexibility index (Phi) is 6.31. The highest BCUT2D eigenvalue weighted by atomic mass is 32.1. The van der Waals surface area contributed by atoms with Gasteiger partial charge in [-0.2, -0.15) is 0 Å². The number of hydrogen-bond acceptors (Lipinski definition) is 9. The van der Waals surface area contributed by atoms with Gasteiger partial charge >= 0.3 is 0 Å². The molecule has 37 heavy (non-hydrogen) atoms. The summed E-state index contributed by atoms with van der Waals surface area (Å²) in [6.07, 6.45) is 2.01. The molecule has 0 spiro atoms. The van der Waals surface area contributed by atoms with Crippen molar-refractivity contribution in [1.82, 2.24) is 0 Å². The number of rotatable bonds is 6. The van der Waals surface area contributed by atoms with Crippen LogP contribution in [0.4, 0.5) is 0 Å². The molecule has 0 atom stereocenters. The predicted molar refractivity (Wildman–Crippen MR) is 151 cm³/mol. The topological polar surface area (TPSA) is 55.4 Å². The molecular weight excluding hydrogens is 529 g/mol. The van der Waals surface area contributed by atoms with Crippen LogP contribution < -0.4 is 28.4 Å². The van der Waals surface area contributed by atoms with Crippen LogP contribution in [-0.4, -0.2) is 39.6 Å². The van der Waals surface area contributed by atoms with E-state index in [9.17, 15) is 0 Å². The largest absolute Gasteiger partial charge is 0.485 e. The molecule has 6 heterocycles. The van der Waals surface area contributed by atoms with Gasteiger partial charge in [0, 0.05) is 10.8 Å². The van der Waals surface area contributed by atoms with Gasteiger partial charge in [0.1, 0.15) is 39.6 Å². The molecule has 0 amide bonds. The highest BCUT2D eigenvalue weighted by Crippen LogP contribution is 2.64. The molecule has 0 saturated carbocycles. The smallest absolute Gasteiger partial charge is 0.181 e. The normalized spacial score (nSPS) is 16.7. The Labute approximate surface area is 230 Å². The highest BCUT2D eigenvalue weighted by Gasteiger charge is 2.39. The number of fused-ring (bicyclic) bond motifs is 3. The molecule has 3 aliphatic heterocycles. The molecular formula is C28H34O6S3. The van der Waals surface area contributed by atoms with E-state index < -0.39 is 0 Å². The van der Waals surface area contributed by atoms with Crippen LogP contribution in [-0.2, 0) is 10.8 Å². The zero-order chi connectivity index (χ0) is 25.9. The van der Waals surface area contributed by atoms with E-state index in [1.165, 1.54) is 9.75 Å². The van der Waals surface area contributed by atoms with Crippen LogP contribution in [0.5, 0.6) is 34.5 Å². The van der Waals surface area contributed by atoms with E-state index in [4.69, 9.17) is 28.4 Å². The quantitative estimate of drug-likeness (QED) is 0.304. The van der Waals surface area contributed by atoms with Gasteiger partial charge in [0.2, 0.25) is 0 Å². The van der Waals surface area contributed by atoms with E-state index >= 15 is 0 Å². The SMILES string of the molecule is CCC(C)(C)c1sc(-c2sc(-c3sc(C(C)(C)CC)c4c3OCCO4)c3c2OCCO3)c2c1OCCO2. The Morgan fingerprint density at radius 2 is 0.730 bits per heavy atom. The summed E-state index contributed by atoms with van der Waals surface area (Å²) in [5, 5.41) is 0. The van der Waals surface area contributed by atoms with E-state index in [1.54, 1.807) is 34.0 Å². The first-order valence-electron chi connectivity index (χ1n) is 13.1. The average Bonchev–Trinajstić information content (AvgIpc) is 3.60. The molecule has 0 bridgehead atoms. The molecule has 6 nitrogen and oxygen atoms in total.